The Morgan fingerprint density at radius 3 is 2.93 bits per heavy atom. The van der Waals surface area contributed by atoms with Gasteiger partial charge in [0.2, 0.25) is 0 Å². The molecule has 3 heteroatoms. The van der Waals surface area contributed by atoms with Crippen LogP contribution < -0.4 is 10.5 Å². The Morgan fingerprint density at radius 2 is 2.27 bits per heavy atom. The van der Waals surface area contributed by atoms with E-state index in [9.17, 15) is 0 Å². The lowest BCUT2D eigenvalue weighted by Gasteiger charge is -2.00. The maximum Gasteiger partial charge on any atom is 0.119 e. The first-order chi connectivity index (χ1) is 7.29. The minimum absolute atomic E-state index is 0.343. The van der Waals surface area contributed by atoms with E-state index in [0.29, 0.717) is 12.0 Å². The smallest absolute Gasteiger partial charge is 0.119 e. The van der Waals surface area contributed by atoms with Gasteiger partial charge >= 0.3 is 0 Å². The van der Waals surface area contributed by atoms with Crippen LogP contribution in [-0.4, -0.2) is 18.1 Å². The highest BCUT2D eigenvalue weighted by atomic mass is 16.5. The molecule has 1 aliphatic rings. The normalized spacial score (nSPS) is 24.4. The fourth-order valence-corrected chi connectivity index (χ4v) is 2.13. The summed E-state index contributed by atoms with van der Waals surface area (Å²) < 4.78 is 5.23. The molecule has 15 heavy (non-hydrogen) atoms. The highest BCUT2D eigenvalue weighted by Crippen LogP contribution is 2.42. The number of benzene rings is 1. The zero-order chi connectivity index (χ0) is 10.4. The summed E-state index contributed by atoms with van der Waals surface area (Å²) in [6.45, 7) is 0. The first kappa shape index (κ1) is 8.80. The van der Waals surface area contributed by atoms with Crippen molar-refractivity contribution in [1.82, 2.24) is 4.98 Å². The van der Waals surface area contributed by atoms with Gasteiger partial charge in [0.25, 0.3) is 0 Å². The van der Waals surface area contributed by atoms with Gasteiger partial charge in [-0.15, -0.1) is 0 Å². The Kier molecular flexibility index (Phi) is 1.76. The zero-order valence-electron chi connectivity index (χ0n) is 8.66. The molecule has 1 aliphatic carbocycles. The van der Waals surface area contributed by atoms with Gasteiger partial charge in [0.1, 0.15) is 5.75 Å². The number of hydrogen-bond acceptors (Lipinski definition) is 2. The largest absolute Gasteiger partial charge is 0.497 e. The molecule has 1 heterocycles. The monoisotopic (exact) mass is 202 g/mol. The first-order valence-corrected chi connectivity index (χ1v) is 5.20. The van der Waals surface area contributed by atoms with Gasteiger partial charge in [-0.2, -0.15) is 0 Å². The van der Waals surface area contributed by atoms with Crippen LogP contribution in [-0.2, 0) is 0 Å². The Balaban J connectivity index is 2.14. The number of aromatic nitrogens is 1. The molecule has 0 amide bonds. The highest BCUT2D eigenvalue weighted by molar-refractivity contribution is 5.85. The Labute approximate surface area is 88.2 Å². The van der Waals surface area contributed by atoms with E-state index < -0.39 is 0 Å². The van der Waals surface area contributed by atoms with Crippen LogP contribution in [0.2, 0.25) is 0 Å². The van der Waals surface area contributed by atoms with Crippen molar-refractivity contribution in [1.29, 1.82) is 0 Å². The van der Waals surface area contributed by atoms with Crippen LogP contribution in [0, 0.1) is 0 Å². The number of rotatable bonds is 2. The molecule has 1 saturated carbocycles. The number of hydrogen-bond donors (Lipinski definition) is 2. The predicted molar refractivity (Wildman–Crippen MR) is 60.2 cm³/mol. The molecule has 1 aromatic heterocycles. The molecule has 0 unspecified atom stereocenters. The van der Waals surface area contributed by atoms with Crippen molar-refractivity contribution in [2.45, 2.75) is 18.4 Å². The number of nitrogens with two attached hydrogens (primary N) is 1. The number of fused-ring (bicyclic) bond motifs is 1. The van der Waals surface area contributed by atoms with Crippen molar-refractivity contribution in [3.63, 3.8) is 0 Å². The lowest BCUT2D eigenvalue weighted by Crippen LogP contribution is -2.00. The summed E-state index contributed by atoms with van der Waals surface area (Å²) >= 11 is 0. The van der Waals surface area contributed by atoms with E-state index in [1.165, 1.54) is 10.9 Å². The second-order valence-electron chi connectivity index (χ2n) is 4.16. The van der Waals surface area contributed by atoms with Crippen molar-refractivity contribution < 1.29 is 4.74 Å². The van der Waals surface area contributed by atoms with Crippen molar-refractivity contribution >= 4 is 10.9 Å². The molecular weight excluding hydrogens is 188 g/mol. The predicted octanol–water partition coefficient (Wildman–Crippen LogP) is 1.99. The van der Waals surface area contributed by atoms with Gasteiger partial charge in [-0.05, 0) is 30.2 Å². The molecule has 1 fully saturated rings. The highest BCUT2D eigenvalue weighted by Gasteiger charge is 2.36. The van der Waals surface area contributed by atoms with Crippen molar-refractivity contribution in [3.05, 3.63) is 30.0 Å². The molecule has 0 spiro atoms. The standard InChI is InChI=1S/C12H14N2O/c1-15-7-2-3-12-9(4-7)10(6-14-12)8-5-11(8)13/h2-4,6,8,11,14H,5,13H2,1H3/t8-,11+/m1/s1. The zero-order valence-corrected chi connectivity index (χ0v) is 8.66. The molecule has 0 bridgehead atoms. The second kappa shape index (κ2) is 3.00. The van der Waals surface area contributed by atoms with Gasteiger partial charge in [-0.25, -0.2) is 0 Å². The fourth-order valence-electron chi connectivity index (χ4n) is 2.13. The lowest BCUT2D eigenvalue weighted by atomic mass is 10.1. The van der Waals surface area contributed by atoms with Crippen LogP contribution >= 0.6 is 0 Å². The van der Waals surface area contributed by atoms with Crippen molar-refractivity contribution in [2.75, 3.05) is 7.11 Å². The summed E-state index contributed by atoms with van der Waals surface area (Å²) in [6, 6.07) is 6.43. The quantitative estimate of drug-likeness (QED) is 0.782. The van der Waals surface area contributed by atoms with Gasteiger partial charge < -0.3 is 15.5 Å². The molecule has 0 radical (unpaired) electrons. The number of methoxy groups -OCH3 is 1. The van der Waals surface area contributed by atoms with Crippen molar-refractivity contribution in [2.24, 2.45) is 5.73 Å². The third-order valence-corrected chi connectivity index (χ3v) is 3.16. The summed E-state index contributed by atoms with van der Waals surface area (Å²) in [7, 11) is 1.69. The summed E-state index contributed by atoms with van der Waals surface area (Å²) in [6.07, 6.45) is 3.17. The molecule has 3 N–H and O–H groups in total. The summed E-state index contributed by atoms with van der Waals surface area (Å²) in [5.74, 6) is 1.43. The van der Waals surface area contributed by atoms with Gasteiger partial charge in [-0.1, -0.05) is 0 Å². The van der Waals surface area contributed by atoms with Crippen molar-refractivity contribution in [3.8, 4) is 5.75 Å². The molecule has 2 atom stereocenters. The van der Waals surface area contributed by atoms with Crippen LogP contribution in [0.25, 0.3) is 10.9 Å². The lowest BCUT2D eigenvalue weighted by molar-refractivity contribution is 0.415. The Morgan fingerprint density at radius 1 is 1.47 bits per heavy atom. The SMILES string of the molecule is COc1ccc2[nH]cc([C@H]3C[C@@H]3N)c2c1. The minimum Gasteiger partial charge on any atom is -0.497 e. The number of aromatic amines is 1. The third kappa shape index (κ3) is 1.31. The van der Waals surface area contributed by atoms with E-state index in [1.807, 2.05) is 12.1 Å². The van der Waals surface area contributed by atoms with Gasteiger partial charge in [0, 0.05) is 29.1 Å². The van der Waals surface area contributed by atoms with E-state index in [2.05, 4.69) is 17.2 Å². The van der Waals surface area contributed by atoms with Crippen LogP contribution in [0.15, 0.2) is 24.4 Å². The molecule has 2 aromatic rings. The average molecular weight is 202 g/mol. The summed E-state index contributed by atoms with van der Waals surface area (Å²) in [5, 5.41) is 1.24. The Hall–Kier alpha value is -1.48. The van der Waals surface area contributed by atoms with E-state index >= 15 is 0 Å². The maximum absolute atomic E-state index is 5.87. The molecular formula is C12H14N2O. The van der Waals surface area contributed by atoms with Gasteiger partial charge in [0.05, 0.1) is 7.11 Å². The molecule has 3 nitrogen and oxygen atoms in total. The molecule has 78 valence electrons. The molecule has 0 saturated heterocycles. The minimum atomic E-state index is 0.343. The molecule has 3 rings (SSSR count). The van der Waals surface area contributed by atoms with Crippen LogP contribution in [0.5, 0.6) is 5.75 Å². The first-order valence-electron chi connectivity index (χ1n) is 5.20. The Bertz CT molecular complexity index is 503. The number of ether oxygens (including phenoxy) is 1. The number of H-pyrrole nitrogens is 1. The van der Waals surface area contributed by atoms with E-state index in [4.69, 9.17) is 10.5 Å². The van der Waals surface area contributed by atoms with E-state index in [1.54, 1.807) is 7.11 Å². The topological polar surface area (TPSA) is 51.0 Å². The van der Waals surface area contributed by atoms with E-state index in [0.717, 1.165) is 17.7 Å². The van der Waals surface area contributed by atoms with Crippen LogP contribution in [0.1, 0.15) is 17.9 Å². The molecule has 1 aromatic carbocycles. The van der Waals surface area contributed by atoms with Gasteiger partial charge in [-0.3, -0.25) is 0 Å². The number of nitrogens with one attached hydrogen (secondary N) is 1. The van der Waals surface area contributed by atoms with E-state index in [-0.39, 0.29) is 0 Å². The van der Waals surface area contributed by atoms with Crippen LogP contribution in [0.4, 0.5) is 0 Å². The average Bonchev–Trinajstić information content (AvgIpc) is 2.84. The fraction of sp³-hybridized carbons (Fsp3) is 0.333. The van der Waals surface area contributed by atoms with Gasteiger partial charge in [0.15, 0.2) is 0 Å². The summed E-state index contributed by atoms with van der Waals surface area (Å²) in [5.41, 5.74) is 8.36. The maximum atomic E-state index is 5.87. The summed E-state index contributed by atoms with van der Waals surface area (Å²) in [4.78, 5) is 3.27. The second-order valence-corrected chi connectivity index (χ2v) is 4.16. The third-order valence-electron chi connectivity index (χ3n) is 3.16. The van der Waals surface area contributed by atoms with Crippen LogP contribution in [0.3, 0.4) is 0 Å². The molecule has 0 aliphatic heterocycles.